The molecule has 2 aromatic carbocycles. The van der Waals surface area contributed by atoms with Gasteiger partial charge in [-0.3, -0.25) is 14.9 Å². The molecule has 0 aliphatic heterocycles. The number of alkyl halides is 6. The maximum Gasteiger partial charge on any atom is 0.573 e. The van der Waals surface area contributed by atoms with Crippen molar-refractivity contribution in [3.05, 3.63) is 58.1 Å². The second kappa shape index (κ2) is 8.59. The largest absolute Gasteiger partial charge is 0.573 e. The topological polar surface area (TPSA) is 81.5 Å². The second-order valence-electron chi connectivity index (χ2n) is 5.32. The minimum atomic E-state index is -4.99. The molecule has 1 N–H and O–H groups in total. The molecule has 0 spiro atoms. The van der Waals surface area contributed by atoms with Gasteiger partial charge in [-0.05, 0) is 24.3 Å². The molecular weight excluding hydrogens is 430 g/mol. The van der Waals surface area contributed by atoms with Gasteiger partial charge >= 0.3 is 12.5 Å². The molecule has 156 valence electrons. The Balaban J connectivity index is 2.11. The van der Waals surface area contributed by atoms with E-state index in [0.29, 0.717) is 23.9 Å². The van der Waals surface area contributed by atoms with Crippen LogP contribution >= 0.6 is 11.8 Å². The van der Waals surface area contributed by atoms with Crippen molar-refractivity contribution < 1.29 is 40.8 Å². The monoisotopic (exact) mass is 440 g/mol. The van der Waals surface area contributed by atoms with Gasteiger partial charge in [-0.1, -0.05) is 12.1 Å². The Morgan fingerprint density at radius 3 is 2.34 bits per heavy atom. The fourth-order valence-electron chi connectivity index (χ4n) is 2.07. The molecule has 0 heterocycles. The van der Waals surface area contributed by atoms with E-state index < -0.39 is 46.1 Å². The maximum absolute atomic E-state index is 12.7. The first kappa shape index (κ1) is 22.3. The summed E-state index contributed by atoms with van der Waals surface area (Å²) in [4.78, 5) is 21.8. The summed E-state index contributed by atoms with van der Waals surface area (Å²) >= 11 is 0.557. The lowest BCUT2D eigenvalue weighted by Gasteiger charge is -2.13. The molecule has 0 saturated carbocycles. The Kier molecular flexibility index (Phi) is 6.62. The van der Waals surface area contributed by atoms with Crippen LogP contribution in [0.3, 0.4) is 0 Å². The van der Waals surface area contributed by atoms with Crippen LogP contribution in [-0.4, -0.2) is 22.9 Å². The Morgan fingerprint density at radius 1 is 1.10 bits per heavy atom. The molecule has 1 amide bonds. The number of carbonyl (C=O) groups excluding carboxylic acids is 1. The van der Waals surface area contributed by atoms with E-state index in [1.165, 1.54) is 12.1 Å². The minimum absolute atomic E-state index is 0.210. The number of nitro groups is 1. The van der Waals surface area contributed by atoms with E-state index in [1.54, 1.807) is 0 Å². The molecule has 0 unspecified atom stereocenters. The Bertz CT molecular complexity index is 917. The van der Waals surface area contributed by atoms with Crippen molar-refractivity contribution in [3.8, 4) is 5.75 Å². The third kappa shape index (κ3) is 6.55. The highest BCUT2D eigenvalue weighted by atomic mass is 32.2. The predicted molar refractivity (Wildman–Crippen MR) is 90.6 cm³/mol. The van der Waals surface area contributed by atoms with Crippen molar-refractivity contribution in [1.82, 2.24) is 0 Å². The van der Waals surface area contributed by atoms with E-state index in [1.807, 2.05) is 0 Å². The summed E-state index contributed by atoms with van der Waals surface area (Å²) in [5.41, 5.74) is -2.37. The van der Waals surface area contributed by atoms with Crippen LogP contribution in [0.4, 0.5) is 37.7 Å². The highest BCUT2D eigenvalue weighted by Gasteiger charge is 2.33. The quantitative estimate of drug-likeness (QED) is 0.288. The van der Waals surface area contributed by atoms with Gasteiger partial charge in [-0.25, -0.2) is 0 Å². The van der Waals surface area contributed by atoms with Crippen molar-refractivity contribution in [2.45, 2.75) is 17.4 Å². The average Bonchev–Trinajstić information content (AvgIpc) is 2.59. The zero-order valence-corrected chi connectivity index (χ0v) is 14.8. The number of thioether (sulfide) groups is 1. The first-order chi connectivity index (χ1) is 13.4. The molecule has 0 aliphatic rings. The van der Waals surface area contributed by atoms with E-state index in [4.69, 9.17) is 0 Å². The summed E-state index contributed by atoms with van der Waals surface area (Å²) < 4.78 is 79.0. The standard InChI is InChI=1S/C16H10F6N2O4S/c17-15(18,19)9-5-6-13(11(7-9)24(26)27)29-8-14(25)23-10-3-1-2-4-12(10)28-16(20,21)22/h1-7H,8H2,(H,23,25). The number of rotatable bonds is 6. The number of nitro benzene ring substituents is 1. The fraction of sp³-hybridized carbons (Fsp3) is 0.188. The molecule has 0 atom stereocenters. The van der Waals surface area contributed by atoms with Gasteiger partial charge in [0.05, 0.1) is 26.8 Å². The van der Waals surface area contributed by atoms with Gasteiger partial charge in [0.25, 0.3) is 5.69 Å². The van der Waals surface area contributed by atoms with Crippen LogP contribution in [0, 0.1) is 10.1 Å². The SMILES string of the molecule is O=C(CSc1ccc(C(F)(F)F)cc1[N+](=O)[O-])Nc1ccccc1OC(F)(F)F. The summed E-state index contributed by atoms with van der Waals surface area (Å²) in [6, 6.07) is 6.51. The van der Waals surface area contributed by atoms with E-state index in [9.17, 15) is 41.3 Å². The fourth-order valence-corrected chi connectivity index (χ4v) is 2.88. The molecule has 2 aromatic rings. The lowest BCUT2D eigenvalue weighted by atomic mass is 10.2. The van der Waals surface area contributed by atoms with Gasteiger partial charge < -0.3 is 10.1 Å². The minimum Gasteiger partial charge on any atom is -0.404 e. The number of benzene rings is 2. The lowest BCUT2D eigenvalue weighted by Crippen LogP contribution is -2.20. The molecule has 0 aromatic heterocycles. The first-order valence-corrected chi connectivity index (χ1v) is 8.48. The van der Waals surface area contributed by atoms with Gasteiger partial charge in [0.2, 0.25) is 5.91 Å². The number of nitrogens with one attached hydrogen (secondary N) is 1. The molecule has 29 heavy (non-hydrogen) atoms. The van der Waals surface area contributed by atoms with E-state index in [2.05, 4.69) is 10.1 Å². The Morgan fingerprint density at radius 2 is 1.76 bits per heavy atom. The van der Waals surface area contributed by atoms with Crippen molar-refractivity contribution in [2.24, 2.45) is 0 Å². The van der Waals surface area contributed by atoms with Crippen molar-refractivity contribution in [1.29, 1.82) is 0 Å². The van der Waals surface area contributed by atoms with Gasteiger partial charge in [0, 0.05) is 6.07 Å². The van der Waals surface area contributed by atoms with Crippen LogP contribution in [0.5, 0.6) is 5.75 Å². The van der Waals surface area contributed by atoms with E-state index >= 15 is 0 Å². The number of amides is 1. The maximum atomic E-state index is 12.7. The van der Waals surface area contributed by atoms with Gasteiger partial charge in [-0.2, -0.15) is 13.2 Å². The highest BCUT2D eigenvalue weighted by Crippen LogP contribution is 2.37. The van der Waals surface area contributed by atoms with Crippen LogP contribution in [0.15, 0.2) is 47.4 Å². The van der Waals surface area contributed by atoms with Crippen LogP contribution in [-0.2, 0) is 11.0 Å². The number of anilines is 1. The molecule has 0 saturated heterocycles. The lowest BCUT2D eigenvalue weighted by molar-refractivity contribution is -0.388. The number of carbonyl (C=O) groups is 1. The highest BCUT2D eigenvalue weighted by molar-refractivity contribution is 8.00. The number of ether oxygens (including phenoxy) is 1. The normalized spacial score (nSPS) is 11.8. The summed E-state index contributed by atoms with van der Waals surface area (Å²) in [7, 11) is 0. The van der Waals surface area contributed by atoms with Crippen molar-refractivity contribution >= 4 is 29.0 Å². The van der Waals surface area contributed by atoms with Gasteiger partial charge in [-0.15, -0.1) is 24.9 Å². The molecule has 0 fully saturated rings. The van der Waals surface area contributed by atoms with Crippen molar-refractivity contribution in [2.75, 3.05) is 11.1 Å². The molecular formula is C16H10F6N2O4S. The third-order valence-corrected chi connectivity index (χ3v) is 4.29. The zero-order chi connectivity index (χ0) is 21.8. The Labute approximate surface area is 163 Å². The molecule has 0 radical (unpaired) electrons. The van der Waals surface area contributed by atoms with Crippen molar-refractivity contribution in [3.63, 3.8) is 0 Å². The van der Waals surface area contributed by atoms with Crippen LogP contribution in [0.2, 0.25) is 0 Å². The van der Waals surface area contributed by atoms with Crippen LogP contribution in [0.25, 0.3) is 0 Å². The molecule has 0 aliphatic carbocycles. The van der Waals surface area contributed by atoms with Gasteiger partial charge in [0.15, 0.2) is 5.75 Å². The predicted octanol–water partition coefficient (Wildman–Crippen LogP) is 5.24. The van der Waals surface area contributed by atoms with Gasteiger partial charge in [0.1, 0.15) is 0 Å². The smallest absolute Gasteiger partial charge is 0.404 e. The molecule has 6 nitrogen and oxygen atoms in total. The third-order valence-electron chi connectivity index (χ3n) is 3.23. The number of hydrogen-bond donors (Lipinski definition) is 1. The number of halogens is 6. The molecule has 13 heteroatoms. The van der Waals surface area contributed by atoms with Crippen LogP contribution < -0.4 is 10.1 Å². The number of nitrogens with zero attached hydrogens (tertiary/aromatic N) is 1. The zero-order valence-electron chi connectivity index (χ0n) is 14.0. The number of para-hydroxylation sites is 2. The first-order valence-electron chi connectivity index (χ1n) is 7.50. The van der Waals surface area contributed by atoms with E-state index in [0.717, 1.165) is 18.2 Å². The van der Waals surface area contributed by atoms with Crippen LogP contribution in [0.1, 0.15) is 5.56 Å². The average molecular weight is 440 g/mol. The molecule has 0 bridgehead atoms. The summed E-state index contributed by atoms with van der Waals surface area (Å²) in [5, 5.41) is 13.2. The second-order valence-corrected chi connectivity index (χ2v) is 6.34. The summed E-state index contributed by atoms with van der Waals surface area (Å²) in [6.45, 7) is 0. The summed E-state index contributed by atoms with van der Waals surface area (Å²) in [5.74, 6) is -2.02. The van der Waals surface area contributed by atoms with E-state index in [-0.39, 0.29) is 10.6 Å². The number of hydrogen-bond acceptors (Lipinski definition) is 5. The molecule has 2 rings (SSSR count). The summed E-state index contributed by atoms with van der Waals surface area (Å²) in [6.07, 6.45) is -9.77. The Hall–Kier alpha value is -2.96.